The molecule has 0 fully saturated rings. The van der Waals surface area contributed by atoms with E-state index in [0.717, 1.165) is 31.4 Å². The molecule has 0 saturated heterocycles. The second kappa shape index (κ2) is 5.41. The van der Waals surface area contributed by atoms with Crippen LogP contribution < -0.4 is 5.32 Å². The Hall–Kier alpha value is -1.23. The largest absolute Gasteiger partial charge is 0.384 e. The number of aliphatic hydroxyl groups is 1. The summed E-state index contributed by atoms with van der Waals surface area (Å²) in [6.45, 7) is 1.37. The lowest BCUT2D eigenvalue weighted by molar-refractivity contribution is 0.0190. The Morgan fingerprint density at radius 2 is 2.26 bits per heavy atom. The molecule has 1 aromatic heterocycles. The molecule has 1 aliphatic rings. The molecule has 1 unspecified atom stereocenters. The zero-order valence-electron chi connectivity index (χ0n) is 10.8. The first kappa shape index (κ1) is 12.8. The fourth-order valence-corrected chi connectivity index (χ4v) is 3.37. The van der Waals surface area contributed by atoms with Gasteiger partial charge in [-0.3, -0.25) is 4.98 Å². The topological polar surface area (TPSA) is 45.1 Å². The van der Waals surface area contributed by atoms with Gasteiger partial charge >= 0.3 is 0 Å². The standard InChI is InChI=1S/C15H18N2OS/c18-15(10-16-8-13-9-17-11-19-13)7-3-5-12-4-1-2-6-14(12)15/h1-2,4,6,9,11,16,18H,3,5,7-8,10H2. The average molecular weight is 274 g/mol. The van der Waals surface area contributed by atoms with E-state index < -0.39 is 5.60 Å². The minimum Gasteiger partial charge on any atom is -0.384 e. The first-order chi connectivity index (χ1) is 9.28. The lowest BCUT2D eigenvalue weighted by atomic mass is 9.79. The van der Waals surface area contributed by atoms with Gasteiger partial charge in [0, 0.05) is 24.2 Å². The molecule has 2 N–H and O–H groups in total. The molecule has 0 bridgehead atoms. The van der Waals surface area contributed by atoms with Crippen molar-refractivity contribution in [2.75, 3.05) is 6.54 Å². The highest BCUT2D eigenvalue weighted by molar-refractivity contribution is 7.09. The molecule has 1 atom stereocenters. The number of aryl methyl sites for hydroxylation is 1. The monoisotopic (exact) mass is 274 g/mol. The summed E-state index contributed by atoms with van der Waals surface area (Å²) in [6, 6.07) is 8.25. The molecule has 100 valence electrons. The highest BCUT2D eigenvalue weighted by Crippen LogP contribution is 2.34. The van der Waals surface area contributed by atoms with Crippen LogP contribution in [0.25, 0.3) is 0 Å². The molecule has 4 heteroatoms. The minimum absolute atomic E-state index is 0.599. The smallest absolute Gasteiger partial charge is 0.102 e. The van der Waals surface area contributed by atoms with Crippen LogP contribution >= 0.6 is 11.3 Å². The minimum atomic E-state index is -0.723. The molecule has 0 amide bonds. The molecule has 3 rings (SSSR count). The maximum absolute atomic E-state index is 10.9. The summed E-state index contributed by atoms with van der Waals surface area (Å²) in [7, 11) is 0. The summed E-state index contributed by atoms with van der Waals surface area (Å²) < 4.78 is 0. The van der Waals surface area contributed by atoms with Crippen molar-refractivity contribution in [1.82, 2.24) is 10.3 Å². The highest BCUT2D eigenvalue weighted by Gasteiger charge is 2.33. The molecule has 0 radical (unpaired) electrons. The number of rotatable bonds is 4. The summed E-state index contributed by atoms with van der Waals surface area (Å²) in [6.07, 6.45) is 4.83. The van der Waals surface area contributed by atoms with Crippen molar-refractivity contribution < 1.29 is 5.11 Å². The van der Waals surface area contributed by atoms with E-state index in [0.29, 0.717) is 6.54 Å². The number of hydrogen-bond acceptors (Lipinski definition) is 4. The van der Waals surface area contributed by atoms with Crippen molar-refractivity contribution in [1.29, 1.82) is 0 Å². The molecule has 0 aliphatic heterocycles. The zero-order chi connectivity index (χ0) is 13.1. The Labute approximate surface area is 117 Å². The van der Waals surface area contributed by atoms with E-state index in [1.54, 1.807) is 11.3 Å². The van der Waals surface area contributed by atoms with E-state index in [1.165, 1.54) is 10.4 Å². The van der Waals surface area contributed by atoms with Crippen LogP contribution in [-0.2, 0) is 18.6 Å². The number of nitrogens with zero attached hydrogens (tertiary/aromatic N) is 1. The Balaban J connectivity index is 1.70. The van der Waals surface area contributed by atoms with E-state index in [1.807, 2.05) is 17.8 Å². The quantitative estimate of drug-likeness (QED) is 0.900. The predicted octanol–water partition coefficient (Wildman–Crippen LogP) is 2.46. The van der Waals surface area contributed by atoms with Crippen LogP contribution in [0, 0.1) is 0 Å². The first-order valence-electron chi connectivity index (χ1n) is 6.67. The number of hydrogen-bond donors (Lipinski definition) is 2. The number of nitrogens with one attached hydrogen (secondary N) is 1. The van der Waals surface area contributed by atoms with Gasteiger partial charge in [-0.15, -0.1) is 11.3 Å². The van der Waals surface area contributed by atoms with Crippen molar-refractivity contribution in [3.05, 3.63) is 52.0 Å². The van der Waals surface area contributed by atoms with Gasteiger partial charge in [0.1, 0.15) is 5.60 Å². The summed E-state index contributed by atoms with van der Waals surface area (Å²) >= 11 is 1.64. The van der Waals surface area contributed by atoms with E-state index >= 15 is 0 Å². The molecule has 1 aromatic carbocycles. The lowest BCUT2D eigenvalue weighted by Gasteiger charge is -2.34. The van der Waals surface area contributed by atoms with Crippen molar-refractivity contribution in [3.8, 4) is 0 Å². The zero-order valence-corrected chi connectivity index (χ0v) is 11.6. The van der Waals surface area contributed by atoms with Crippen LogP contribution in [0.5, 0.6) is 0 Å². The average Bonchev–Trinajstić information content (AvgIpc) is 2.93. The van der Waals surface area contributed by atoms with E-state index in [-0.39, 0.29) is 0 Å². The molecular weight excluding hydrogens is 256 g/mol. The summed E-state index contributed by atoms with van der Waals surface area (Å²) in [5, 5.41) is 14.2. The Bertz CT molecular complexity index is 541. The predicted molar refractivity (Wildman–Crippen MR) is 77.1 cm³/mol. The Morgan fingerprint density at radius 1 is 1.37 bits per heavy atom. The summed E-state index contributed by atoms with van der Waals surface area (Å²) in [5.41, 5.74) is 3.50. The van der Waals surface area contributed by atoms with Gasteiger partial charge in [0.25, 0.3) is 0 Å². The number of aromatic nitrogens is 1. The van der Waals surface area contributed by atoms with E-state index in [4.69, 9.17) is 0 Å². The van der Waals surface area contributed by atoms with Gasteiger partial charge in [-0.2, -0.15) is 0 Å². The van der Waals surface area contributed by atoms with Crippen LogP contribution in [0.15, 0.2) is 36.0 Å². The number of benzene rings is 1. The van der Waals surface area contributed by atoms with Crippen LogP contribution in [0.4, 0.5) is 0 Å². The lowest BCUT2D eigenvalue weighted by Crippen LogP contribution is -2.40. The number of thiazole rings is 1. The third-order valence-electron chi connectivity index (χ3n) is 3.76. The molecular formula is C15H18N2OS. The highest BCUT2D eigenvalue weighted by atomic mass is 32.1. The fourth-order valence-electron chi connectivity index (χ4n) is 2.80. The van der Waals surface area contributed by atoms with Crippen LogP contribution in [0.3, 0.4) is 0 Å². The van der Waals surface area contributed by atoms with Crippen molar-refractivity contribution in [2.45, 2.75) is 31.4 Å². The van der Waals surface area contributed by atoms with Gasteiger partial charge < -0.3 is 10.4 Å². The first-order valence-corrected chi connectivity index (χ1v) is 7.55. The van der Waals surface area contributed by atoms with E-state index in [2.05, 4.69) is 28.5 Å². The van der Waals surface area contributed by atoms with Gasteiger partial charge in [0.05, 0.1) is 5.51 Å². The second-order valence-electron chi connectivity index (χ2n) is 5.11. The van der Waals surface area contributed by atoms with Crippen LogP contribution in [-0.4, -0.2) is 16.6 Å². The molecule has 1 heterocycles. The third kappa shape index (κ3) is 2.71. The van der Waals surface area contributed by atoms with Gasteiger partial charge in [-0.05, 0) is 30.4 Å². The van der Waals surface area contributed by atoms with Gasteiger partial charge in [0.2, 0.25) is 0 Å². The van der Waals surface area contributed by atoms with Crippen LogP contribution in [0.1, 0.15) is 28.8 Å². The maximum Gasteiger partial charge on any atom is 0.102 e. The summed E-state index contributed by atoms with van der Waals surface area (Å²) in [5.74, 6) is 0. The third-order valence-corrected chi connectivity index (χ3v) is 4.53. The molecule has 1 aliphatic carbocycles. The number of fused-ring (bicyclic) bond motifs is 1. The van der Waals surface area contributed by atoms with Crippen molar-refractivity contribution in [2.24, 2.45) is 0 Å². The van der Waals surface area contributed by atoms with Crippen molar-refractivity contribution in [3.63, 3.8) is 0 Å². The summed E-state index contributed by atoms with van der Waals surface area (Å²) in [4.78, 5) is 5.26. The fraction of sp³-hybridized carbons (Fsp3) is 0.400. The van der Waals surface area contributed by atoms with Gasteiger partial charge in [-0.1, -0.05) is 24.3 Å². The van der Waals surface area contributed by atoms with Gasteiger partial charge in [-0.25, -0.2) is 0 Å². The molecule has 0 saturated carbocycles. The second-order valence-corrected chi connectivity index (χ2v) is 6.08. The normalized spacial score (nSPS) is 22.2. The SMILES string of the molecule is OC1(CNCc2cncs2)CCCc2ccccc21. The maximum atomic E-state index is 10.9. The van der Waals surface area contributed by atoms with E-state index in [9.17, 15) is 5.11 Å². The van der Waals surface area contributed by atoms with Crippen molar-refractivity contribution >= 4 is 11.3 Å². The Morgan fingerprint density at radius 3 is 3.11 bits per heavy atom. The molecule has 0 spiro atoms. The van der Waals surface area contributed by atoms with Crippen LogP contribution in [0.2, 0.25) is 0 Å². The molecule has 19 heavy (non-hydrogen) atoms. The Kier molecular flexibility index (Phi) is 3.64. The van der Waals surface area contributed by atoms with Gasteiger partial charge in [0.15, 0.2) is 0 Å². The molecule has 3 nitrogen and oxygen atoms in total. The molecule has 2 aromatic rings.